The molecule has 1 aliphatic carbocycles. The van der Waals surface area contributed by atoms with Gasteiger partial charge in [-0.05, 0) is 16.7 Å². The molecule has 0 aliphatic heterocycles. The van der Waals surface area contributed by atoms with Gasteiger partial charge in [0.05, 0.1) is 21.1 Å². The SMILES string of the molecule is C[N+](C)(C)C1(Cc2ccccc2)c2ccccc2-c2ccccc21. The molecule has 1 heteroatoms. The van der Waals surface area contributed by atoms with Gasteiger partial charge in [-0.25, -0.2) is 0 Å². The number of likely N-dealkylation sites (N-methyl/N-ethyl adjacent to an activating group) is 1. The molecule has 1 nitrogen and oxygen atoms in total. The van der Waals surface area contributed by atoms with E-state index in [1.54, 1.807) is 0 Å². The van der Waals surface area contributed by atoms with Crippen molar-refractivity contribution < 1.29 is 4.48 Å². The first-order valence-corrected chi connectivity index (χ1v) is 8.59. The van der Waals surface area contributed by atoms with Crippen LogP contribution in [0.3, 0.4) is 0 Å². The minimum Gasteiger partial charge on any atom is -0.318 e. The van der Waals surface area contributed by atoms with Crippen molar-refractivity contribution in [3.63, 3.8) is 0 Å². The van der Waals surface area contributed by atoms with Crippen LogP contribution in [0.25, 0.3) is 11.1 Å². The Morgan fingerprint density at radius 2 is 1.08 bits per heavy atom. The van der Waals surface area contributed by atoms with Crippen LogP contribution in [0.4, 0.5) is 0 Å². The number of nitrogens with zero attached hydrogens (tertiary/aromatic N) is 1. The van der Waals surface area contributed by atoms with Gasteiger partial charge in [-0.15, -0.1) is 0 Å². The molecule has 0 saturated heterocycles. The monoisotopic (exact) mass is 314 g/mol. The lowest BCUT2D eigenvalue weighted by Crippen LogP contribution is -2.55. The molecule has 0 unspecified atom stereocenters. The van der Waals surface area contributed by atoms with Crippen LogP contribution in [-0.4, -0.2) is 25.6 Å². The Bertz CT molecular complexity index is 826. The molecule has 4 rings (SSSR count). The predicted molar refractivity (Wildman–Crippen MR) is 101 cm³/mol. The summed E-state index contributed by atoms with van der Waals surface area (Å²) in [4.78, 5) is 0. The van der Waals surface area contributed by atoms with E-state index >= 15 is 0 Å². The van der Waals surface area contributed by atoms with Crippen LogP contribution in [0.15, 0.2) is 78.9 Å². The summed E-state index contributed by atoms with van der Waals surface area (Å²) in [6, 6.07) is 28.8. The van der Waals surface area contributed by atoms with Crippen molar-refractivity contribution in [3.8, 4) is 11.1 Å². The zero-order valence-corrected chi connectivity index (χ0v) is 14.7. The van der Waals surface area contributed by atoms with Crippen molar-refractivity contribution in [1.82, 2.24) is 0 Å². The van der Waals surface area contributed by atoms with E-state index in [-0.39, 0.29) is 5.54 Å². The molecule has 3 aromatic carbocycles. The first-order valence-electron chi connectivity index (χ1n) is 8.59. The van der Waals surface area contributed by atoms with Crippen LogP contribution < -0.4 is 0 Å². The van der Waals surface area contributed by atoms with Gasteiger partial charge in [0.25, 0.3) is 0 Å². The highest BCUT2D eigenvalue weighted by Gasteiger charge is 2.52. The topological polar surface area (TPSA) is 0 Å². The second-order valence-corrected chi connectivity index (χ2v) is 7.63. The number of hydrogen-bond donors (Lipinski definition) is 0. The molecule has 0 spiro atoms. The maximum absolute atomic E-state index is 2.32. The molecule has 0 heterocycles. The van der Waals surface area contributed by atoms with E-state index in [1.807, 2.05) is 0 Å². The van der Waals surface area contributed by atoms with Gasteiger partial charge in [-0.3, -0.25) is 0 Å². The van der Waals surface area contributed by atoms with Crippen LogP contribution in [0.5, 0.6) is 0 Å². The fraction of sp³-hybridized carbons (Fsp3) is 0.217. The quantitative estimate of drug-likeness (QED) is 0.606. The zero-order valence-electron chi connectivity index (χ0n) is 14.7. The first-order chi connectivity index (χ1) is 11.5. The standard InChI is InChI=1S/C23H24N/c1-24(2,3)23(17-18-11-5-4-6-12-18)21-15-9-7-13-19(21)20-14-8-10-16-22(20)23/h4-16H,17H2,1-3H3/q+1. The van der Waals surface area contributed by atoms with Gasteiger partial charge in [0.2, 0.25) is 0 Å². The number of quaternary nitrogens is 1. The van der Waals surface area contributed by atoms with Crippen LogP contribution in [0, 0.1) is 0 Å². The predicted octanol–water partition coefficient (Wildman–Crippen LogP) is 4.86. The summed E-state index contributed by atoms with van der Waals surface area (Å²) in [5.41, 5.74) is 6.99. The Kier molecular flexibility index (Phi) is 3.36. The normalized spacial score (nSPS) is 15.0. The third-order valence-electron chi connectivity index (χ3n) is 5.48. The highest BCUT2D eigenvalue weighted by Crippen LogP contribution is 2.53. The Labute approximate surface area is 144 Å². The fourth-order valence-corrected chi connectivity index (χ4v) is 4.34. The molecule has 0 radical (unpaired) electrons. The Morgan fingerprint density at radius 3 is 1.58 bits per heavy atom. The van der Waals surface area contributed by atoms with Gasteiger partial charge < -0.3 is 4.48 Å². The third kappa shape index (κ3) is 2.05. The molecule has 120 valence electrons. The maximum atomic E-state index is 2.32. The summed E-state index contributed by atoms with van der Waals surface area (Å²) < 4.78 is 0.871. The molecule has 24 heavy (non-hydrogen) atoms. The average molecular weight is 314 g/mol. The van der Waals surface area contributed by atoms with E-state index in [9.17, 15) is 0 Å². The molecule has 1 aliphatic rings. The third-order valence-corrected chi connectivity index (χ3v) is 5.48. The van der Waals surface area contributed by atoms with Crippen molar-refractivity contribution in [3.05, 3.63) is 95.6 Å². The summed E-state index contributed by atoms with van der Waals surface area (Å²) in [6.45, 7) is 0. The van der Waals surface area contributed by atoms with Gasteiger partial charge in [0.15, 0.2) is 5.54 Å². The highest BCUT2D eigenvalue weighted by molar-refractivity contribution is 5.80. The lowest BCUT2D eigenvalue weighted by molar-refractivity contribution is -0.924. The van der Waals surface area contributed by atoms with Crippen LogP contribution in [0.1, 0.15) is 16.7 Å². The average Bonchev–Trinajstić information content (AvgIpc) is 2.88. The minimum absolute atomic E-state index is 0.0610. The number of benzene rings is 3. The van der Waals surface area contributed by atoms with Gasteiger partial charge in [0, 0.05) is 17.5 Å². The lowest BCUT2D eigenvalue weighted by Gasteiger charge is -2.45. The van der Waals surface area contributed by atoms with Gasteiger partial charge in [-0.1, -0.05) is 78.9 Å². The summed E-state index contributed by atoms with van der Waals surface area (Å²) >= 11 is 0. The van der Waals surface area contributed by atoms with Gasteiger partial charge in [-0.2, -0.15) is 0 Å². The highest BCUT2D eigenvalue weighted by atomic mass is 15.3. The molecule has 0 fully saturated rings. The summed E-state index contributed by atoms with van der Waals surface area (Å²) in [5.74, 6) is 0. The summed E-state index contributed by atoms with van der Waals surface area (Å²) in [5, 5.41) is 0. The molecule has 0 bridgehead atoms. The fourth-order valence-electron chi connectivity index (χ4n) is 4.34. The summed E-state index contributed by atoms with van der Waals surface area (Å²) in [7, 11) is 6.96. The molecular weight excluding hydrogens is 290 g/mol. The molecular formula is C23H24N+. The second kappa shape index (κ2) is 5.32. The van der Waals surface area contributed by atoms with Crippen LogP contribution in [-0.2, 0) is 12.0 Å². The number of fused-ring (bicyclic) bond motifs is 3. The van der Waals surface area contributed by atoms with E-state index in [0.717, 1.165) is 10.9 Å². The van der Waals surface area contributed by atoms with Crippen LogP contribution >= 0.6 is 0 Å². The Hall–Kier alpha value is -2.38. The van der Waals surface area contributed by atoms with Crippen molar-refractivity contribution in [1.29, 1.82) is 0 Å². The Morgan fingerprint density at radius 1 is 0.625 bits per heavy atom. The molecule has 0 amide bonds. The van der Waals surface area contributed by atoms with E-state index in [0.29, 0.717) is 0 Å². The van der Waals surface area contributed by atoms with E-state index in [2.05, 4.69) is 100 Å². The molecule has 0 saturated carbocycles. The zero-order chi connectivity index (χ0) is 16.8. The van der Waals surface area contributed by atoms with E-state index < -0.39 is 0 Å². The number of rotatable bonds is 3. The smallest absolute Gasteiger partial charge is 0.155 e. The van der Waals surface area contributed by atoms with Crippen molar-refractivity contribution in [2.24, 2.45) is 0 Å². The van der Waals surface area contributed by atoms with E-state index in [1.165, 1.54) is 27.8 Å². The van der Waals surface area contributed by atoms with Crippen molar-refractivity contribution >= 4 is 0 Å². The van der Waals surface area contributed by atoms with E-state index in [4.69, 9.17) is 0 Å². The second-order valence-electron chi connectivity index (χ2n) is 7.63. The van der Waals surface area contributed by atoms with Gasteiger partial charge in [0.1, 0.15) is 0 Å². The molecule has 0 atom stereocenters. The molecule has 0 aromatic heterocycles. The van der Waals surface area contributed by atoms with Crippen molar-refractivity contribution in [2.45, 2.75) is 12.0 Å². The molecule has 3 aromatic rings. The Balaban J connectivity index is 2.03. The minimum atomic E-state index is -0.0610. The lowest BCUT2D eigenvalue weighted by atomic mass is 9.79. The molecule has 0 N–H and O–H groups in total. The largest absolute Gasteiger partial charge is 0.318 e. The first kappa shape index (κ1) is 15.2. The summed E-state index contributed by atoms with van der Waals surface area (Å²) in [6.07, 6.45) is 1.01. The maximum Gasteiger partial charge on any atom is 0.155 e. The van der Waals surface area contributed by atoms with Crippen molar-refractivity contribution in [2.75, 3.05) is 21.1 Å². The van der Waals surface area contributed by atoms with Gasteiger partial charge >= 0.3 is 0 Å². The van der Waals surface area contributed by atoms with Crippen LogP contribution in [0.2, 0.25) is 0 Å². The number of hydrogen-bond acceptors (Lipinski definition) is 0.